The maximum atomic E-state index is 10.7. The van der Waals surface area contributed by atoms with Crippen LogP contribution in [-0.2, 0) is 10.9 Å². The molecule has 1 rings (SSSR count). The molecule has 1 aromatic rings. The Morgan fingerprint density at radius 3 is 2.23 bits per heavy atom. The van der Waals surface area contributed by atoms with Crippen molar-refractivity contribution >= 4 is 16.9 Å². The molecule has 0 bridgehead atoms. The van der Waals surface area contributed by atoms with Gasteiger partial charge in [-0.2, -0.15) is 0 Å². The molecular formula is C9H11ClO2S. The number of benzene rings is 1. The second kappa shape index (κ2) is 5.14. The summed E-state index contributed by atoms with van der Waals surface area (Å²) >= 11 is 0. The molecule has 0 aromatic heterocycles. The zero-order chi connectivity index (χ0) is 9.14. The number of hydrogen-bond donors (Lipinski definition) is 1. The fourth-order valence-corrected chi connectivity index (χ4v) is 1.95. The van der Waals surface area contributed by atoms with Gasteiger partial charge in [0.25, 0.3) is 0 Å². The second-order valence-corrected chi connectivity index (χ2v) is 4.69. The number of carboxylic acids is 1. The maximum absolute atomic E-state index is 10.7. The molecule has 13 heavy (non-hydrogen) atoms. The minimum atomic E-state index is -0.841. The van der Waals surface area contributed by atoms with Gasteiger partial charge in [0.15, 0.2) is 4.90 Å². The fraction of sp³-hybridized carbons (Fsp3) is 0.222. The molecule has 1 N–H and O–H groups in total. The van der Waals surface area contributed by atoms with Gasteiger partial charge in [-0.1, -0.05) is 12.1 Å². The van der Waals surface area contributed by atoms with Crippen LogP contribution >= 0.6 is 0 Å². The highest BCUT2D eigenvalue weighted by Gasteiger charge is 2.18. The minimum Gasteiger partial charge on any atom is -1.00 e. The largest absolute Gasteiger partial charge is 1.00 e. The van der Waals surface area contributed by atoms with Gasteiger partial charge in [0.2, 0.25) is 0 Å². The van der Waals surface area contributed by atoms with E-state index in [2.05, 4.69) is 0 Å². The van der Waals surface area contributed by atoms with Crippen LogP contribution in [0.3, 0.4) is 0 Å². The third kappa shape index (κ3) is 2.94. The summed E-state index contributed by atoms with van der Waals surface area (Å²) < 4.78 is 0. The van der Waals surface area contributed by atoms with Gasteiger partial charge in [0.1, 0.15) is 18.1 Å². The summed E-state index contributed by atoms with van der Waals surface area (Å²) in [4.78, 5) is 11.7. The third-order valence-electron chi connectivity index (χ3n) is 1.56. The Hall–Kier alpha value is -0.670. The molecule has 0 spiro atoms. The normalized spacial score (nSPS) is 9.46. The summed E-state index contributed by atoms with van der Waals surface area (Å²) in [5.41, 5.74) is 0.422. The zero-order valence-electron chi connectivity index (χ0n) is 7.45. The van der Waals surface area contributed by atoms with E-state index in [0.29, 0.717) is 5.56 Å². The van der Waals surface area contributed by atoms with Crippen LogP contribution in [0.25, 0.3) is 0 Å². The summed E-state index contributed by atoms with van der Waals surface area (Å²) in [6.45, 7) is 0. The van der Waals surface area contributed by atoms with Crippen molar-refractivity contribution in [2.75, 3.05) is 12.5 Å². The Balaban J connectivity index is 0.00000144. The number of hydrogen-bond acceptors (Lipinski definition) is 1. The average molecular weight is 219 g/mol. The lowest BCUT2D eigenvalue weighted by molar-refractivity contribution is -0.0000181. The monoisotopic (exact) mass is 218 g/mol. The second-order valence-electron chi connectivity index (χ2n) is 2.62. The van der Waals surface area contributed by atoms with Crippen LogP contribution in [-0.4, -0.2) is 23.6 Å². The van der Waals surface area contributed by atoms with Gasteiger partial charge in [-0.15, -0.1) is 0 Å². The summed E-state index contributed by atoms with van der Waals surface area (Å²) in [7, 11) is 0.00809. The topological polar surface area (TPSA) is 37.3 Å². The summed E-state index contributed by atoms with van der Waals surface area (Å²) in [5, 5.41) is 8.82. The molecule has 0 aliphatic rings. The quantitative estimate of drug-likeness (QED) is 0.622. The number of carbonyl (C=O) groups is 1. The minimum absolute atomic E-state index is 0. The molecule has 0 unspecified atom stereocenters. The number of rotatable bonds is 2. The van der Waals surface area contributed by atoms with Crippen molar-refractivity contribution in [1.82, 2.24) is 0 Å². The number of aromatic carboxylic acids is 1. The molecule has 0 fully saturated rings. The molecule has 0 atom stereocenters. The Kier molecular flexibility index (Phi) is 4.88. The fourth-order valence-electron chi connectivity index (χ4n) is 0.999. The van der Waals surface area contributed by atoms with Gasteiger partial charge < -0.3 is 17.5 Å². The first kappa shape index (κ1) is 12.3. The predicted octanol–water partition coefficient (Wildman–Crippen LogP) is -1.37. The van der Waals surface area contributed by atoms with E-state index in [9.17, 15) is 4.79 Å². The molecule has 0 radical (unpaired) electrons. The van der Waals surface area contributed by atoms with E-state index in [1.54, 1.807) is 12.1 Å². The molecule has 0 aliphatic heterocycles. The van der Waals surface area contributed by atoms with Gasteiger partial charge in [-0.25, -0.2) is 4.79 Å². The van der Waals surface area contributed by atoms with Crippen molar-refractivity contribution in [1.29, 1.82) is 0 Å². The standard InChI is InChI=1S/C9H10O2S.ClH/c1-12(2)8-6-4-3-5-7(8)9(10)11;/h3-6H,1-2H3;1H. The summed E-state index contributed by atoms with van der Waals surface area (Å²) in [6, 6.07) is 7.13. The van der Waals surface area contributed by atoms with Crippen LogP contribution in [0.1, 0.15) is 10.4 Å². The van der Waals surface area contributed by atoms with E-state index >= 15 is 0 Å². The summed E-state index contributed by atoms with van der Waals surface area (Å²) in [5.74, 6) is -0.841. The van der Waals surface area contributed by atoms with E-state index in [1.165, 1.54) is 0 Å². The van der Waals surface area contributed by atoms with Crippen LogP contribution in [0.15, 0.2) is 29.2 Å². The lowest BCUT2D eigenvalue weighted by Crippen LogP contribution is -3.00. The molecule has 0 aliphatic carbocycles. The lowest BCUT2D eigenvalue weighted by Gasteiger charge is -1.99. The van der Waals surface area contributed by atoms with Crippen molar-refractivity contribution in [2.24, 2.45) is 0 Å². The van der Waals surface area contributed by atoms with E-state index in [1.807, 2.05) is 24.6 Å². The Morgan fingerprint density at radius 1 is 1.31 bits per heavy atom. The van der Waals surface area contributed by atoms with Crippen LogP contribution in [0.4, 0.5) is 0 Å². The molecule has 0 saturated carbocycles. The SMILES string of the molecule is C[S+](C)c1ccccc1C(=O)O.[Cl-]. The van der Waals surface area contributed by atoms with Crippen LogP contribution in [0.2, 0.25) is 0 Å². The van der Waals surface area contributed by atoms with Crippen LogP contribution < -0.4 is 12.4 Å². The zero-order valence-corrected chi connectivity index (χ0v) is 9.02. The van der Waals surface area contributed by atoms with E-state index in [4.69, 9.17) is 5.11 Å². The first-order valence-corrected chi connectivity index (χ1v) is 5.57. The van der Waals surface area contributed by atoms with Gasteiger partial charge >= 0.3 is 5.97 Å². The Labute approximate surface area is 86.7 Å². The van der Waals surface area contributed by atoms with Crippen molar-refractivity contribution < 1.29 is 22.3 Å². The van der Waals surface area contributed by atoms with Gasteiger partial charge in [0, 0.05) is 10.9 Å². The van der Waals surface area contributed by atoms with Gasteiger partial charge in [-0.3, -0.25) is 0 Å². The highest BCUT2D eigenvalue weighted by atomic mass is 35.5. The molecule has 0 saturated heterocycles. The van der Waals surface area contributed by atoms with Crippen LogP contribution in [0, 0.1) is 0 Å². The van der Waals surface area contributed by atoms with Crippen molar-refractivity contribution in [3.05, 3.63) is 29.8 Å². The highest BCUT2D eigenvalue weighted by molar-refractivity contribution is 7.95. The molecule has 4 heteroatoms. The first-order valence-electron chi connectivity index (χ1n) is 3.53. The van der Waals surface area contributed by atoms with Crippen molar-refractivity contribution in [2.45, 2.75) is 4.90 Å². The lowest BCUT2D eigenvalue weighted by atomic mass is 10.2. The third-order valence-corrected chi connectivity index (χ3v) is 2.79. The van der Waals surface area contributed by atoms with Gasteiger partial charge in [0.05, 0.1) is 0 Å². The molecule has 0 heterocycles. The Bertz CT molecular complexity index is 299. The predicted molar refractivity (Wildman–Crippen MR) is 50.9 cm³/mol. The smallest absolute Gasteiger partial charge is 0.340 e. The summed E-state index contributed by atoms with van der Waals surface area (Å²) in [6.07, 6.45) is 4.03. The molecule has 0 amide bonds. The van der Waals surface area contributed by atoms with E-state index in [-0.39, 0.29) is 23.3 Å². The number of halogens is 1. The van der Waals surface area contributed by atoms with E-state index in [0.717, 1.165) is 4.90 Å². The van der Waals surface area contributed by atoms with Crippen LogP contribution in [0.5, 0.6) is 0 Å². The van der Waals surface area contributed by atoms with Crippen molar-refractivity contribution in [3.8, 4) is 0 Å². The van der Waals surface area contributed by atoms with E-state index < -0.39 is 5.97 Å². The average Bonchev–Trinajstić information content (AvgIpc) is 2.04. The maximum Gasteiger partial charge on any atom is 0.340 e. The number of carboxylic acid groups (broad SMARTS) is 1. The molecule has 1 aromatic carbocycles. The van der Waals surface area contributed by atoms with Gasteiger partial charge in [-0.05, 0) is 12.1 Å². The highest BCUT2D eigenvalue weighted by Crippen LogP contribution is 2.14. The Morgan fingerprint density at radius 2 is 1.85 bits per heavy atom. The molecule has 2 nitrogen and oxygen atoms in total. The molecule has 72 valence electrons. The van der Waals surface area contributed by atoms with Crippen molar-refractivity contribution in [3.63, 3.8) is 0 Å². The molecular weight excluding hydrogens is 208 g/mol. The first-order chi connectivity index (χ1) is 5.63.